The minimum absolute atomic E-state index is 0. The van der Waals surface area contributed by atoms with Gasteiger partial charge >= 0.3 is 33.9 Å². The summed E-state index contributed by atoms with van der Waals surface area (Å²) in [5, 5.41) is 0. The van der Waals surface area contributed by atoms with E-state index in [2.05, 4.69) is 59.8 Å². The Balaban J connectivity index is -0.000000312. The van der Waals surface area contributed by atoms with Crippen LogP contribution >= 0.6 is 0 Å². The molecule has 1 rings (SSSR count). The SMILES string of the molecule is CCCCCCCCCCc1c(C)cc(C)cc1C.[C-]#[O+].[C-]#[O+].[C-]#[O+].[Cr]. The molecule has 1 aromatic rings. The van der Waals surface area contributed by atoms with E-state index < -0.39 is 0 Å². The molecule has 0 heterocycles. The first kappa shape index (κ1) is 32.6. The van der Waals surface area contributed by atoms with Crippen molar-refractivity contribution in [3.63, 3.8) is 0 Å². The molecule has 0 aromatic heterocycles. The molecule has 3 nitrogen and oxygen atoms in total. The van der Waals surface area contributed by atoms with Crippen LogP contribution < -0.4 is 0 Å². The molecule has 0 saturated carbocycles. The Kier molecular flexibility index (Phi) is 32.9. The average Bonchev–Trinajstić information content (AvgIpc) is 2.64. The molecule has 0 spiro atoms. The summed E-state index contributed by atoms with van der Waals surface area (Å²) in [5.41, 5.74) is 5.96. The second-order valence-corrected chi connectivity index (χ2v) is 6.10. The van der Waals surface area contributed by atoms with Crippen molar-refractivity contribution in [3.05, 3.63) is 54.3 Å². The molecular weight excluding hydrogens is 364 g/mol. The van der Waals surface area contributed by atoms with Crippen LogP contribution in [0.1, 0.15) is 80.5 Å². The first-order valence-electron chi connectivity index (χ1n) is 8.83. The van der Waals surface area contributed by atoms with Gasteiger partial charge in [-0.1, -0.05) is 69.6 Å². The van der Waals surface area contributed by atoms with Crippen LogP contribution in [0.4, 0.5) is 0 Å². The molecular formula is C22H32CrO3. The molecule has 0 aliphatic carbocycles. The topological polar surface area (TPSA) is 59.7 Å². The zero-order valence-corrected chi connectivity index (χ0v) is 17.9. The molecule has 0 aliphatic rings. The van der Waals surface area contributed by atoms with E-state index in [-0.39, 0.29) is 17.4 Å². The summed E-state index contributed by atoms with van der Waals surface area (Å²) >= 11 is 0. The third-order valence-electron chi connectivity index (χ3n) is 4.12. The first-order valence-corrected chi connectivity index (χ1v) is 8.83. The summed E-state index contributed by atoms with van der Waals surface area (Å²) in [7, 11) is 0. The Hall–Kier alpha value is -1.03. The number of unbranched alkanes of at least 4 members (excludes halogenated alkanes) is 7. The van der Waals surface area contributed by atoms with E-state index in [1.807, 2.05) is 0 Å². The summed E-state index contributed by atoms with van der Waals surface area (Å²) < 4.78 is 22.5. The van der Waals surface area contributed by atoms with E-state index in [0.717, 1.165) is 0 Å². The number of aryl methyl sites for hydroxylation is 3. The maximum atomic E-state index is 7.50. The molecule has 0 unspecified atom stereocenters. The number of rotatable bonds is 9. The largest absolute Gasteiger partial charge is 0 e. The van der Waals surface area contributed by atoms with Crippen molar-refractivity contribution in [1.29, 1.82) is 0 Å². The third-order valence-corrected chi connectivity index (χ3v) is 4.12. The molecule has 0 N–H and O–H groups in total. The fourth-order valence-electron chi connectivity index (χ4n) is 3.04. The Bertz CT molecular complexity index is 453. The quantitative estimate of drug-likeness (QED) is 0.272. The Morgan fingerprint density at radius 3 is 1.38 bits per heavy atom. The van der Waals surface area contributed by atoms with E-state index in [1.54, 1.807) is 5.56 Å². The van der Waals surface area contributed by atoms with Crippen molar-refractivity contribution in [2.75, 3.05) is 0 Å². The predicted octanol–water partition coefficient (Wildman–Crippen LogP) is 6.18. The number of hydrogen-bond acceptors (Lipinski definition) is 0. The fourth-order valence-corrected chi connectivity index (χ4v) is 3.04. The van der Waals surface area contributed by atoms with Gasteiger partial charge in [0.15, 0.2) is 0 Å². The van der Waals surface area contributed by atoms with Crippen molar-refractivity contribution in [3.8, 4) is 0 Å². The van der Waals surface area contributed by atoms with Gasteiger partial charge in [-0.15, -0.1) is 0 Å². The van der Waals surface area contributed by atoms with Crippen LogP contribution in [0.15, 0.2) is 12.1 Å². The summed E-state index contributed by atoms with van der Waals surface area (Å²) in [4.78, 5) is 0. The monoisotopic (exact) mass is 396 g/mol. The van der Waals surface area contributed by atoms with Crippen LogP contribution in [0.2, 0.25) is 0 Å². The van der Waals surface area contributed by atoms with E-state index in [1.165, 1.54) is 74.5 Å². The van der Waals surface area contributed by atoms with Crippen molar-refractivity contribution in [1.82, 2.24) is 0 Å². The normalized spacial score (nSPS) is 8.23. The Morgan fingerprint density at radius 1 is 0.654 bits per heavy atom. The second kappa shape index (κ2) is 26.2. The van der Waals surface area contributed by atoms with Gasteiger partial charge in [-0.25, -0.2) is 0 Å². The minimum atomic E-state index is 0. The second-order valence-electron chi connectivity index (χ2n) is 6.10. The summed E-state index contributed by atoms with van der Waals surface area (Å²) in [5.74, 6) is 0. The van der Waals surface area contributed by atoms with Crippen LogP contribution in [0.25, 0.3) is 0 Å². The maximum Gasteiger partial charge on any atom is 0 e. The van der Waals surface area contributed by atoms with Gasteiger partial charge in [0.05, 0.1) is 0 Å². The molecule has 144 valence electrons. The van der Waals surface area contributed by atoms with Crippen LogP contribution in [0.3, 0.4) is 0 Å². The van der Waals surface area contributed by atoms with Crippen LogP contribution in [-0.4, -0.2) is 0 Å². The van der Waals surface area contributed by atoms with E-state index in [4.69, 9.17) is 14.0 Å². The van der Waals surface area contributed by atoms with Crippen molar-refractivity contribution in [2.24, 2.45) is 0 Å². The van der Waals surface area contributed by atoms with Gasteiger partial charge in [-0.2, -0.15) is 0 Å². The maximum absolute atomic E-state index is 7.50. The molecule has 4 heteroatoms. The summed E-state index contributed by atoms with van der Waals surface area (Å²) in [6.45, 7) is 22.5. The van der Waals surface area contributed by atoms with Crippen molar-refractivity contribution < 1.29 is 31.3 Å². The molecule has 0 fully saturated rings. The van der Waals surface area contributed by atoms with E-state index in [9.17, 15) is 0 Å². The summed E-state index contributed by atoms with van der Waals surface area (Å²) in [6.07, 6.45) is 12.5. The van der Waals surface area contributed by atoms with Gasteiger partial charge in [0.1, 0.15) is 0 Å². The summed E-state index contributed by atoms with van der Waals surface area (Å²) in [6, 6.07) is 4.65. The van der Waals surface area contributed by atoms with Gasteiger partial charge in [0, 0.05) is 17.4 Å². The fraction of sp³-hybridized carbons (Fsp3) is 0.591. The van der Waals surface area contributed by atoms with Crippen molar-refractivity contribution >= 4 is 0 Å². The van der Waals surface area contributed by atoms with Crippen molar-refractivity contribution in [2.45, 2.75) is 85.5 Å². The van der Waals surface area contributed by atoms with Gasteiger partial charge in [0.25, 0.3) is 0 Å². The van der Waals surface area contributed by atoms with Crippen LogP contribution in [0, 0.1) is 40.7 Å². The van der Waals surface area contributed by atoms with Gasteiger partial charge < -0.3 is 0 Å². The van der Waals surface area contributed by atoms with Gasteiger partial charge in [0.2, 0.25) is 0 Å². The number of benzene rings is 1. The molecule has 0 radical (unpaired) electrons. The molecule has 0 atom stereocenters. The zero-order valence-electron chi connectivity index (χ0n) is 16.7. The van der Waals surface area contributed by atoms with Gasteiger partial charge in [-0.05, 0) is 50.3 Å². The molecule has 1 aromatic carbocycles. The molecule has 0 amide bonds. The smallest absolute Gasteiger partial charge is 0 e. The predicted molar refractivity (Wildman–Crippen MR) is 98.8 cm³/mol. The Labute approximate surface area is 171 Å². The zero-order chi connectivity index (χ0) is 20.1. The molecule has 0 bridgehead atoms. The standard InChI is InChI=1S/C19H32.3CO.Cr/c1-5-6-7-8-9-10-11-12-13-19-17(3)14-16(2)15-18(19)4;3*1-2;/h14-15H,5-13H2,1-4H3;;;;. The number of hydrogen-bond donors (Lipinski definition) is 0. The van der Waals surface area contributed by atoms with Gasteiger partial charge in [-0.3, -0.25) is 0 Å². The van der Waals surface area contributed by atoms with E-state index in [0.29, 0.717) is 0 Å². The minimum Gasteiger partial charge on any atom is 0 e. The molecule has 26 heavy (non-hydrogen) atoms. The van der Waals surface area contributed by atoms with Crippen LogP contribution in [0.5, 0.6) is 0 Å². The first-order chi connectivity index (χ1) is 12.1. The third kappa shape index (κ3) is 17.8. The molecule has 0 aliphatic heterocycles. The Morgan fingerprint density at radius 2 is 1.00 bits per heavy atom. The van der Waals surface area contributed by atoms with E-state index >= 15 is 0 Å². The average molecular weight is 396 g/mol. The molecule has 0 saturated heterocycles. The van der Waals surface area contributed by atoms with Crippen LogP contribution in [-0.2, 0) is 37.7 Å².